The molecule has 0 bridgehead atoms. The summed E-state index contributed by atoms with van der Waals surface area (Å²) in [7, 11) is 0. The summed E-state index contributed by atoms with van der Waals surface area (Å²) in [4.78, 5) is 10.9. The van der Waals surface area contributed by atoms with E-state index in [0.29, 0.717) is 24.5 Å². The Labute approximate surface area is 146 Å². The molecule has 3 rings (SSSR count). The number of benzene rings is 2. The van der Waals surface area contributed by atoms with Gasteiger partial charge in [0, 0.05) is 18.1 Å². The van der Waals surface area contributed by atoms with Crippen LogP contribution in [0.4, 0.5) is 4.79 Å². The second kappa shape index (κ2) is 6.84. The molecule has 0 saturated carbocycles. The zero-order valence-corrected chi connectivity index (χ0v) is 14.3. The highest BCUT2D eigenvalue weighted by atomic mass is 16.5. The van der Waals surface area contributed by atoms with Crippen molar-refractivity contribution in [2.45, 2.75) is 32.5 Å². The average Bonchev–Trinajstić information content (AvgIpc) is 2.57. The number of hydrogen-bond acceptors (Lipinski definition) is 4. The van der Waals surface area contributed by atoms with Crippen molar-refractivity contribution < 1.29 is 14.3 Å². The summed E-state index contributed by atoms with van der Waals surface area (Å²) in [5, 5.41) is 4.11. The van der Waals surface area contributed by atoms with Crippen LogP contribution in [0.3, 0.4) is 0 Å². The van der Waals surface area contributed by atoms with Crippen molar-refractivity contribution >= 4 is 11.7 Å². The molecule has 3 N–H and O–H groups in total. The number of nitrogens with one attached hydrogen (secondary N) is 1. The van der Waals surface area contributed by atoms with Crippen molar-refractivity contribution in [3.8, 4) is 11.5 Å². The van der Waals surface area contributed by atoms with Gasteiger partial charge in [-0.1, -0.05) is 30.3 Å². The number of primary amides is 1. The van der Waals surface area contributed by atoms with Crippen molar-refractivity contribution in [3.63, 3.8) is 0 Å². The molecule has 0 unspecified atom stereocenters. The quantitative estimate of drug-likeness (QED) is 0.839. The molecule has 25 heavy (non-hydrogen) atoms. The molecule has 0 spiro atoms. The summed E-state index contributed by atoms with van der Waals surface area (Å²) < 4.78 is 11.9. The maximum absolute atomic E-state index is 10.9. The molecule has 130 valence electrons. The van der Waals surface area contributed by atoms with E-state index < -0.39 is 11.6 Å². The zero-order valence-electron chi connectivity index (χ0n) is 14.3. The number of rotatable bonds is 4. The van der Waals surface area contributed by atoms with Gasteiger partial charge in [-0.05, 0) is 31.5 Å². The fourth-order valence-corrected chi connectivity index (χ4v) is 2.71. The predicted octanol–water partition coefficient (Wildman–Crippen LogP) is 3.20. The number of nitrogens with zero attached hydrogens (tertiary/aromatic N) is 1. The zero-order chi connectivity index (χ0) is 17.9. The lowest BCUT2D eigenvalue weighted by Crippen LogP contribution is -2.37. The normalized spacial score (nSPS) is 16.6. The smallest absolute Gasteiger partial charge is 0.332 e. The lowest BCUT2D eigenvalue weighted by molar-refractivity contribution is 0.110. The Kier molecular flexibility index (Phi) is 4.61. The second-order valence-electron chi connectivity index (χ2n) is 6.51. The molecule has 2 aromatic rings. The van der Waals surface area contributed by atoms with Crippen molar-refractivity contribution in [1.29, 1.82) is 0 Å². The first-order valence-electron chi connectivity index (χ1n) is 8.05. The third-order valence-corrected chi connectivity index (χ3v) is 3.79. The van der Waals surface area contributed by atoms with Crippen molar-refractivity contribution in [1.82, 2.24) is 5.43 Å². The summed E-state index contributed by atoms with van der Waals surface area (Å²) in [5.41, 5.74) is 9.60. The summed E-state index contributed by atoms with van der Waals surface area (Å²) in [5.74, 6) is 1.38. The molecule has 0 aromatic heterocycles. The lowest BCUT2D eigenvalue weighted by Gasteiger charge is -2.33. The van der Waals surface area contributed by atoms with Gasteiger partial charge in [-0.15, -0.1) is 0 Å². The maximum atomic E-state index is 10.9. The molecule has 1 heterocycles. The van der Waals surface area contributed by atoms with Gasteiger partial charge >= 0.3 is 6.03 Å². The first-order valence-corrected chi connectivity index (χ1v) is 8.05. The number of ether oxygens (including phenoxy) is 2. The number of nitrogens with two attached hydrogens (primary N) is 1. The van der Waals surface area contributed by atoms with E-state index in [2.05, 4.69) is 10.5 Å². The molecule has 6 nitrogen and oxygen atoms in total. The molecule has 6 heteroatoms. The third-order valence-electron chi connectivity index (χ3n) is 3.79. The fourth-order valence-electron chi connectivity index (χ4n) is 2.71. The van der Waals surface area contributed by atoms with Gasteiger partial charge in [0.2, 0.25) is 0 Å². The summed E-state index contributed by atoms with van der Waals surface area (Å²) in [6, 6.07) is 14.9. The molecule has 1 aliphatic heterocycles. The molecular weight excluding hydrogens is 318 g/mol. The van der Waals surface area contributed by atoms with Crippen LogP contribution in [0, 0.1) is 0 Å². The van der Waals surface area contributed by atoms with E-state index in [9.17, 15) is 4.79 Å². The van der Waals surface area contributed by atoms with Crippen LogP contribution in [0.2, 0.25) is 0 Å². The van der Waals surface area contributed by atoms with Gasteiger partial charge in [0.25, 0.3) is 0 Å². The van der Waals surface area contributed by atoms with Crippen LogP contribution in [0.15, 0.2) is 53.6 Å². The molecular formula is C19H21N3O3. The Balaban J connectivity index is 1.82. The molecule has 0 atom stereocenters. The van der Waals surface area contributed by atoms with E-state index >= 15 is 0 Å². The van der Waals surface area contributed by atoms with Gasteiger partial charge in [-0.3, -0.25) is 0 Å². The van der Waals surface area contributed by atoms with Crippen molar-refractivity contribution in [3.05, 3.63) is 59.7 Å². The van der Waals surface area contributed by atoms with Crippen LogP contribution in [0.1, 0.15) is 31.4 Å². The molecule has 1 aliphatic rings. The number of carbonyl (C=O) groups excluding carboxylic acids is 1. The third kappa shape index (κ3) is 4.29. The van der Waals surface area contributed by atoms with Crippen LogP contribution < -0.4 is 20.6 Å². The molecule has 0 saturated heterocycles. The van der Waals surface area contributed by atoms with Gasteiger partial charge < -0.3 is 15.2 Å². The molecule has 2 amide bonds. The number of urea groups is 1. The fraction of sp³-hybridized carbons (Fsp3) is 0.263. The lowest BCUT2D eigenvalue weighted by atomic mass is 9.92. The first-order chi connectivity index (χ1) is 11.9. The average molecular weight is 339 g/mol. The number of carbonyl (C=O) groups is 1. The Bertz CT molecular complexity index is 801. The highest BCUT2D eigenvalue weighted by molar-refractivity contribution is 6.04. The van der Waals surface area contributed by atoms with Crippen LogP contribution in [-0.2, 0) is 6.61 Å². The molecule has 0 radical (unpaired) electrons. The largest absolute Gasteiger partial charge is 0.489 e. The van der Waals surface area contributed by atoms with Crippen molar-refractivity contribution in [2.75, 3.05) is 0 Å². The Morgan fingerprint density at radius 1 is 1.28 bits per heavy atom. The van der Waals surface area contributed by atoms with Gasteiger partial charge in [-0.25, -0.2) is 10.2 Å². The number of fused-ring (bicyclic) bond motifs is 1. The highest BCUT2D eigenvalue weighted by Gasteiger charge is 2.31. The van der Waals surface area contributed by atoms with E-state index in [1.54, 1.807) is 0 Å². The van der Waals surface area contributed by atoms with Gasteiger partial charge in [-0.2, -0.15) is 5.10 Å². The second-order valence-corrected chi connectivity index (χ2v) is 6.51. The minimum atomic E-state index is -0.693. The minimum Gasteiger partial charge on any atom is -0.489 e. The van der Waals surface area contributed by atoms with E-state index in [-0.39, 0.29) is 0 Å². The van der Waals surface area contributed by atoms with Crippen LogP contribution >= 0.6 is 0 Å². The van der Waals surface area contributed by atoms with E-state index in [1.807, 2.05) is 62.4 Å². The Morgan fingerprint density at radius 3 is 2.76 bits per heavy atom. The van der Waals surface area contributed by atoms with Crippen LogP contribution in [0.25, 0.3) is 0 Å². The number of hydrazone groups is 1. The standard InChI is InChI=1S/C19H21N3O3/c1-19(2)11-16(21-22-18(20)23)15-9-8-14(10-17(15)25-19)24-12-13-6-4-3-5-7-13/h3-10H,11-12H2,1-2H3,(H3,20,22,23)/b21-16+. The monoisotopic (exact) mass is 339 g/mol. The van der Waals surface area contributed by atoms with E-state index in [4.69, 9.17) is 15.2 Å². The topological polar surface area (TPSA) is 85.9 Å². The predicted molar refractivity (Wildman–Crippen MR) is 95.8 cm³/mol. The highest BCUT2D eigenvalue weighted by Crippen LogP contribution is 2.36. The molecule has 2 aromatic carbocycles. The Hall–Kier alpha value is -3.02. The first kappa shape index (κ1) is 16.8. The Morgan fingerprint density at radius 2 is 2.04 bits per heavy atom. The summed E-state index contributed by atoms with van der Waals surface area (Å²) in [6.45, 7) is 4.41. The van der Waals surface area contributed by atoms with Gasteiger partial charge in [0.1, 0.15) is 23.7 Å². The van der Waals surface area contributed by atoms with Crippen LogP contribution in [-0.4, -0.2) is 17.3 Å². The SMILES string of the molecule is CC1(C)C/C(=N\NC(N)=O)c2ccc(OCc3ccccc3)cc2O1. The number of hydrogen-bond donors (Lipinski definition) is 2. The summed E-state index contributed by atoms with van der Waals surface area (Å²) >= 11 is 0. The van der Waals surface area contributed by atoms with E-state index in [0.717, 1.165) is 16.8 Å². The van der Waals surface area contributed by atoms with Gasteiger partial charge in [0.15, 0.2) is 0 Å². The van der Waals surface area contributed by atoms with E-state index in [1.165, 1.54) is 0 Å². The van der Waals surface area contributed by atoms with Crippen molar-refractivity contribution in [2.24, 2.45) is 10.8 Å². The maximum Gasteiger partial charge on any atom is 0.332 e. The van der Waals surface area contributed by atoms with Gasteiger partial charge in [0.05, 0.1) is 5.71 Å². The number of amides is 2. The molecule has 0 aliphatic carbocycles. The summed E-state index contributed by atoms with van der Waals surface area (Å²) in [6.07, 6.45) is 0.560. The molecule has 0 fully saturated rings. The van der Waals surface area contributed by atoms with Crippen LogP contribution in [0.5, 0.6) is 11.5 Å². The minimum absolute atomic E-state index is 0.441.